The molecule has 0 radical (unpaired) electrons. The third kappa shape index (κ3) is 40.1. The van der Waals surface area contributed by atoms with E-state index in [0.717, 1.165) is 96.3 Å². The lowest BCUT2D eigenvalue weighted by Gasteiger charge is -2.24. The highest BCUT2D eigenvalue weighted by Gasteiger charge is 2.24. The Bertz CT molecular complexity index is 1030. The normalized spacial score (nSPS) is 13.8. The van der Waals surface area contributed by atoms with Gasteiger partial charge in [-0.25, -0.2) is 0 Å². The third-order valence-corrected chi connectivity index (χ3v) is 10.6. The summed E-state index contributed by atoms with van der Waals surface area (Å²) in [7, 11) is 0. The lowest BCUT2D eigenvalue weighted by atomic mass is 10.0. The van der Waals surface area contributed by atoms with Gasteiger partial charge in [-0.1, -0.05) is 204 Å². The van der Waals surface area contributed by atoms with Gasteiger partial charge < -0.3 is 20.3 Å². The molecule has 0 saturated heterocycles. The van der Waals surface area contributed by atoms with Crippen LogP contribution in [-0.4, -0.2) is 46.9 Å². The minimum absolute atomic E-state index is 0.0638. The molecule has 0 heterocycles. The van der Waals surface area contributed by atoms with E-state index in [0.29, 0.717) is 19.3 Å². The maximum absolute atomic E-state index is 13.1. The number of aliphatic hydroxyl groups excluding tert-OH is 2. The molecule has 0 rings (SSSR count). The molecule has 57 heavy (non-hydrogen) atoms. The minimum atomic E-state index is -0.791. The van der Waals surface area contributed by atoms with E-state index in [1.165, 1.54) is 83.5 Å². The molecule has 0 aliphatic heterocycles. The second-order valence-corrected chi connectivity index (χ2v) is 16.1. The van der Waals surface area contributed by atoms with Gasteiger partial charge in [0.15, 0.2) is 0 Å². The van der Waals surface area contributed by atoms with Crippen molar-refractivity contribution in [3.63, 3.8) is 0 Å². The maximum Gasteiger partial charge on any atom is 0.306 e. The van der Waals surface area contributed by atoms with Gasteiger partial charge >= 0.3 is 5.97 Å². The average molecular weight is 798 g/mol. The predicted molar refractivity (Wildman–Crippen MR) is 245 cm³/mol. The van der Waals surface area contributed by atoms with Gasteiger partial charge in [-0.05, 0) is 70.6 Å². The number of carbonyl (C=O) groups excluding carboxylic acids is 2. The molecule has 0 aliphatic rings. The van der Waals surface area contributed by atoms with Crippen molar-refractivity contribution in [2.24, 2.45) is 0 Å². The van der Waals surface area contributed by atoms with Crippen molar-refractivity contribution in [1.82, 2.24) is 5.32 Å². The van der Waals surface area contributed by atoms with E-state index >= 15 is 0 Å². The van der Waals surface area contributed by atoms with Crippen LogP contribution in [0.15, 0.2) is 60.8 Å². The number of unbranched alkanes of at least 4 members (excludes halogenated alkanes) is 20. The topological polar surface area (TPSA) is 95.9 Å². The summed E-state index contributed by atoms with van der Waals surface area (Å²) in [6, 6.07) is -0.705. The molecule has 0 bridgehead atoms. The van der Waals surface area contributed by atoms with Crippen molar-refractivity contribution in [3.05, 3.63) is 60.8 Å². The summed E-state index contributed by atoms with van der Waals surface area (Å²) < 4.78 is 5.89. The minimum Gasteiger partial charge on any atom is -0.462 e. The van der Waals surface area contributed by atoms with E-state index in [-0.39, 0.29) is 24.9 Å². The zero-order valence-electron chi connectivity index (χ0n) is 37.5. The van der Waals surface area contributed by atoms with Crippen LogP contribution in [0, 0.1) is 0 Å². The number of nitrogens with one attached hydrogen (secondary N) is 1. The number of allylic oxidation sites excluding steroid dienone is 10. The van der Waals surface area contributed by atoms with Crippen LogP contribution in [0.25, 0.3) is 0 Å². The second kappa shape index (κ2) is 44.7. The number of hydrogen-bond donors (Lipinski definition) is 3. The summed E-state index contributed by atoms with van der Waals surface area (Å²) in [5, 5.41) is 23.6. The van der Waals surface area contributed by atoms with Crippen molar-refractivity contribution in [3.8, 4) is 0 Å². The zero-order chi connectivity index (χ0) is 41.7. The van der Waals surface area contributed by atoms with Gasteiger partial charge in [-0.2, -0.15) is 0 Å². The van der Waals surface area contributed by atoms with Crippen molar-refractivity contribution >= 4 is 11.9 Å². The molecular weight excluding hydrogens is 707 g/mol. The number of esters is 1. The largest absolute Gasteiger partial charge is 0.462 e. The Kier molecular flexibility index (Phi) is 42.7. The molecule has 3 unspecified atom stereocenters. The van der Waals surface area contributed by atoms with Crippen LogP contribution in [0.2, 0.25) is 0 Å². The molecule has 0 aromatic heterocycles. The Morgan fingerprint density at radius 2 is 0.947 bits per heavy atom. The van der Waals surface area contributed by atoms with Crippen LogP contribution in [-0.2, 0) is 14.3 Å². The first-order chi connectivity index (χ1) is 28.0. The molecule has 6 heteroatoms. The fourth-order valence-corrected chi connectivity index (χ4v) is 6.99. The molecule has 0 saturated carbocycles. The molecule has 330 valence electrons. The molecule has 3 N–H and O–H groups in total. The van der Waals surface area contributed by atoms with E-state index in [4.69, 9.17) is 4.74 Å². The molecule has 0 aromatic rings. The van der Waals surface area contributed by atoms with E-state index in [9.17, 15) is 19.8 Å². The van der Waals surface area contributed by atoms with Gasteiger partial charge in [0.05, 0.1) is 25.2 Å². The standard InChI is InChI=1S/C51H91NO5/c1-4-7-10-13-16-19-21-22-23-24-25-26-27-28-29-32-35-38-41-44-51(56)57-47(42-39-36-33-30-18-15-12-9-6-3)45-50(55)52-48(46-53)49(54)43-40-37-34-31-20-17-14-11-8-5-2/h7,10,16,19,22-23,25-26,28-29,47-49,53-54H,4-6,8-9,11-15,17-18,20-21,24,27,30-46H2,1-3H3,(H,52,55)/b10-7-,19-16-,23-22-,26-25-,29-28-. The third-order valence-electron chi connectivity index (χ3n) is 10.6. The lowest BCUT2D eigenvalue weighted by Crippen LogP contribution is -2.46. The first-order valence-corrected chi connectivity index (χ1v) is 24.0. The van der Waals surface area contributed by atoms with Crippen LogP contribution in [0.1, 0.15) is 226 Å². The molecular formula is C51H91NO5. The van der Waals surface area contributed by atoms with Gasteiger partial charge in [0.25, 0.3) is 0 Å². The number of ether oxygens (including phenoxy) is 1. The molecule has 0 fully saturated rings. The second-order valence-electron chi connectivity index (χ2n) is 16.1. The summed E-state index contributed by atoms with van der Waals surface area (Å²) in [5.74, 6) is -0.514. The monoisotopic (exact) mass is 798 g/mol. The number of amides is 1. The predicted octanol–water partition coefficient (Wildman–Crippen LogP) is 14.1. The zero-order valence-corrected chi connectivity index (χ0v) is 37.5. The van der Waals surface area contributed by atoms with Gasteiger partial charge in [0.1, 0.15) is 6.10 Å². The Balaban J connectivity index is 4.54. The van der Waals surface area contributed by atoms with Crippen molar-refractivity contribution < 1.29 is 24.5 Å². The Morgan fingerprint density at radius 1 is 0.526 bits per heavy atom. The summed E-state index contributed by atoms with van der Waals surface area (Å²) >= 11 is 0. The number of aliphatic hydroxyl groups is 2. The number of hydrogen-bond acceptors (Lipinski definition) is 5. The fraction of sp³-hybridized carbons (Fsp3) is 0.765. The number of rotatable bonds is 42. The van der Waals surface area contributed by atoms with Gasteiger partial charge in [0, 0.05) is 6.42 Å². The van der Waals surface area contributed by atoms with Gasteiger partial charge in [-0.15, -0.1) is 0 Å². The lowest BCUT2D eigenvalue weighted by molar-refractivity contribution is -0.151. The highest BCUT2D eigenvalue weighted by Crippen LogP contribution is 2.17. The first-order valence-electron chi connectivity index (χ1n) is 24.0. The van der Waals surface area contributed by atoms with E-state index in [2.05, 4.69) is 86.8 Å². The summed E-state index contributed by atoms with van der Waals surface area (Å²) in [5.41, 5.74) is 0. The molecule has 6 nitrogen and oxygen atoms in total. The summed E-state index contributed by atoms with van der Waals surface area (Å²) in [6.07, 6.45) is 54.3. The number of carbonyl (C=O) groups is 2. The van der Waals surface area contributed by atoms with Crippen LogP contribution >= 0.6 is 0 Å². The Morgan fingerprint density at radius 3 is 1.42 bits per heavy atom. The molecule has 0 aromatic carbocycles. The van der Waals surface area contributed by atoms with Crippen molar-refractivity contribution in [2.75, 3.05) is 6.61 Å². The molecule has 0 aliphatic carbocycles. The van der Waals surface area contributed by atoms with Crippen LogP contribution in [0.3, 0.4) is 0 Å². The van der Waals surface area contributed by atoms with Gasteiger partial charge in [0.2, 0.25) is 5.91 Å². The van der Waals surface area contributed by atoms with Gasteiger partial charge in [-0.3, -0.25) is 9.59 Å². The van der Waals surface area contributed by atoms with Crippen LogP contribution in [0.4, 0.5) is 0 Å². The Labute approximate surface area is 352 Å². The van der Waals surface area contributed by atoms with E-state index < -0.39 is 18.2 Å². The molecule has 1 amide bonds. The maximum atomic E-state index is 13.1. The quantitative estimate of drug-likeness (QED) is 0.0325. The van der Waals surface area contributed by atoms with Crippen molar-refractivity contribution in [1.29, 1.82) is 0 Å². The Hall–Kier alpha value is -2.44. The van der Waals surface area contributed by atoms with E-state index in [1.54, 1.807) is 0 Å². The van der Waals surface area contributed by atoms with Crippen molar-refractivity contribution in [2.45, 2.75) is 244 Å². The highest BCUT2D eigenvalue weighted by molar-refractivity contribution is 5.77. The van der Waals surface area contributed by atoms with Crippen LogP contribution < -0.4 is 5.32 Å². The highest BCUT2D eigenvalue weighted by atomic mass is 16.5. The molecule has 0 spiro atoms. The SMILES string of the molecule is CC/C=C\C/C=C\C/C=C\C/C=C\C/C=C\CCCCCC(=O)OC(CCCCCCCCCCC)CC(=O)NC(CO)C(O)CCCCCCCCCCCC. The molecule has 3 atom stereocenters. The fourth-order valence-electron chi connectivity index (χ4n) is 6.99. The smallest absolute Gasteiger partial charge is 0.306 e. The first kappa shape index (κ1) is 54.6. The van der Waals surface area contributed by atoms with E-state index in [1.807, 2.05) is 0 Å². The summed E-state index contributed by atoms with van der Waals surface area (Å²) in [6.45, 7) is 6.32. The van der Waals surface area contributed by atoms with Crippen LogP contribution in [0.5, 0.6) is 0 Å². The average Bonchev–Trinajstić information content (AvgIpc) is 3.20. The summed E-state index contributed by atoms with van der Waals surface area (Å²) in [4.78, 5) is 26.0.